The molecule has 2 aromatic rings. The molecule has 0 saturated carbocycles. The van der Waals surface area contributed by atoms with Crippen molar-refractivity contribution in [2.45, 2.75) is 225 Å². The van der Waals surface area contributed by atoms with E-state index in [-0.39, 0.29) is 11.9 Å². The van der Waals surface area contributed by atoms with Gasteiger partial charge in [0.15, 0.2) is 6.29 Å². The van der Waals surface area contributed by atoms with Gasteiger partial charge in [0, 0.05) is 12.0 Å². The third-order valence-corrected chi connectivity index (χ3v) is 11.5. The molecule has 0 aromatic heterocycles. The first-order chi connectivity index (χ1) is 27.6. The number of amides is 1. The predicted octanol–water partition coefficient (Wildman–Crippen LogP) is 14.2. The fourth-order valence-corrected chi connectivity index (χ4v) is 8.01. The fraction of sp³-hybridized carbons (Fsp3) is 0.720. The van der Waals surface area contributed by atoms with Gasteiger partial charge in [-0.2, -0.15) is 0 Å². The number of benzene rings is 2. The smallest absolute Gasteiger partial charge is 0.338 e. The van der Waals surface area contributed by atoms with Gasteiger partial charge in [0.1, 0.15) is 12.2 Å². The maximum absolute atomic E-state index is 13.5. The number of hydrogen-bond acceptors (Lipinski definition) is 5. The van der Waals surface area contributed by atoms with Crippen LogP contribution in [-0.2, 0) is 19.0 Å². The predicted molar refractivity (Wildman–Crippen MR) is 233 cm³/mol. The third kappa shape index (κ3) is 21.7. The van der Waals surface area contributed by atoms with Crippen molar-refractivity contribution in [3.05, 3.63) is 71.8 Å². The summed E-state index contributed by atoms with van der Waals surface area (Å²) >= 11 is 0. The molecule has 56 heavy (non-hydrogen) atoms. The molecule has 1 fully saturated rings. The molecule has 3 rings (SSSR count). The summed E-state index contributed by atoms with van der Waals surface area (Å²) in [6, 6.07) is 18.7. The number of unbranched alkanes of at least 4 members (excludes halogenated alkanes) is 25. The van der Waals surface area contributed by atoms with Crippen LogP contribution in [-0.4, -0.2) is 36.7 Å². The molecule has 4 atom stereocenters. The van der Waals surface area contributed by atoms with E-state index < -0.39 is 24.5 Å². The Bertz CT molecular complexity index is 1220. The molecule has 1 aliphatic rings. The van der Waals surface area contributed by atoms with Gasteiger partial charge >= 0.3 is 5.97 Å². The van der Waals surface area contributed by atoms with Crippen LogP contribution in [0.4, 0.5) is 0 Å². The Hall–Kier alpha value is -2.70. The number of esters is 1. The molecular formula is C50H81NO5. The van der Waals surface area contributed by atoms with Crippen molar-refractivity contribution in [2.75, 3.05) is 6.61 Å². The lowest BCUT2D eigenvalue weighted by Gasteiger charge is -2.40. The highest BCUT2D eigenvalue weighted by Gasteiger charge is 2.40. The molecule has 1 heterocycles. The number of hydrogen-bond donors (Lipinski definition) is 1. The normalized spacial score (nSPS) is 17.4. The third-order valence-electron chi connectivity index (χ3n) is 11.5. The Morgan fingerprint density at radius 3 is 1.50 bits per heavy atom. The van der Waals surface area contributed by atoms with Gasteiger partial charge < -0.3 is 19.5 Å². The maximum Gasteiger partial charge on any atom is 0.338 e. The summed E-state index contributed by atoms with van der Waals surface area (Å²) in [4.78, 5) is 26.8. The molecule has 0 spiro atoms. The zero-order valence-corrected chi connectivity index (χ0v) is 35.8. The van der Waals surface area contributed by atoms with Crippen LogP contribution in [0.2, 0.25) is 0 Å². The van der Waals surface area contributed by atoms with Crippen molar-refractivity contribution in [3.63, 3.8) is 0 Å². The minimum absolute atomic E-state index is 0.0126. The molecule has 1 N–H and O–H groups in total. The Morgan fingerprint density at radius 2 is 1.02 bits per heavy atom. The molecule has 1 saturated heterocycles. The van der Waals surface area contributed by atoms with Gasteiger partial charge in [0.2, 0.25) is 5.91 Å². The summed E-state index contributed by atoms with van der Waals surface area (Å²) in [6.45, 7) is 4.85. The minimum Gasteiger partial charge on any atom is -0.456 e. The summed E-state index contributed by atoms with van der Waals surface area (Å²) in [7, 11) is 0. The van der Waals surface area contributed by atoms with Crippen molar-refractivity contribution in [1.82, 2.24) is 5.32 Å². The van der Waals surface area contributed by atoms with E-state index in [1.807, 2.05) is 48.5 Å². The maximum atomic E-state index is 13.5. The van der Waals surface area contributed by atoms with E-state index in [0.29, 0.717) is 25.0 Å². The van der Waals surface area contributed by atoms with E-state index in [2.05, 4.69) is 19.2 Å². The SMILES string of the molecule is CCCCCCCCCCCCCCCCCC(=O)N[C@H]1COC(c2ccccc2)O[C@@H]1[C@@H](CCCCCCCCCCCCCC)OC(=O)c1ccccc1. The second-order valence-electron chi connectivity index (χ2n) is 16.5. The van der Waals surface area contributed by atoms with Crippen LogP contribution in [0.15, 0.2) is 60.7 Å². The highest BCUT2D eigenvalue weighted by Crippen LogP contribution is 2.31. The Balaban J connectivity index is 1.47. The van der Waals surface area contributed by atoms with E-state index in [4.69, 9.17) is 14.2 Å². The van der Waals surface area contributed by atoms with Gasteiger partial charge in [-0.05, 0) is 31.4 Å². The molecule has 0 radical (unpaired) electrons. The lowest BCUT2D eigenvalue weighted by molar-refractivity contribution is -0.249. The first-order valence-electron chi connectivity index (χ1n) is 23.5. The van der Waals surface area contributed by atoms with E-state index in [1.54, 1.807) is 12.1 Å². The van der Waals surface area contributed by atoms with Crippen molar-refractivity contribution >= 4 is 11.9 Å². The van der Waals surface area contributed by atoms with Gasteiger partial charge in [0.25, 0.3) is 0 Å². The van der Waals surface area contributed by atoms with Gasteiger partial charge in [-0.25, -0.2) is 4.79 Å². The number of carbonyl (C=O) groups excluding carboxylic acids is 2. The molecule has 316 valence electrons. The molecule has 6 nitrogen and oxygen atoms in total. The zero-order valence-electron chi connectivity index (χ0n) is 35.8. The summed E-state index contributed by atoms with van der Waals surface area (Å²) < 4.78 is 19.2. The van der Waals surface area contributed by atoms with Crippen LogP contribution in [0.25, 0.3) is 0 Å². The van der Waals surface area contributed by atoms with E-state index in [1.165, 1.54) is 148 Å². The Morgan fingerprint density at radius 1 is 0.589 bits per heavy atom. The Kier molecular flexibility index (Phi) is 27.5. The largest absolute Gasteiger partial charge is 0.456 e. The first kappa shape index (κ1) is 47.7. The number of nitrogens with one attached hydrogen (secondary N) is 1. The second-order valence-corrected chi connectivity index (χ2v) is 16.5. The molecule has 1 unspecified atom stereocenters. The molecule has 1 amide bonds. The van der Waals surface area contributed by atoms with Gasteiger partial charge in [0.05, 0.1) is 18.2 Å². The van der Waals surface area contributed by atoms with Crippen LogP contribution in [0.5, 0.6) is 0 Å². The number of carbonyl (C=O) groups is 2. The molecule has 0 bridgehead atoms. The van der Waals surface area contributed by atoms with Gasteiger partial charge in [-0.3, -0.25) is 4.79 Å². The van der Waals surface area contributed by atoms with Crippen LogP contribution in [0, 0.1) is 0 Å². The number of ether oxygens (including phenoxy) is 3. The van der Waals surface area contributed by atoms with E-state index in [9.17, 15) is 9.59 Å². The quantitative estimate of drug-likeness (QED) is 0.0566. The average molecular weight is 776 g/mol. The molecule has 0 aliphatic carbocycles. The highest BCUT2D eigenvalue weighted by molar-refractivity contribution is 5.89. The lowest BCUT2D eigenvalue weighted by atomic mass is 9.97. The van der Waals surface area contributed by atoms with Crippen molar-refractivity contribution < 1.29 is 23.8 Å². The van der Waals surface area contributed by atoms with Gasteiger partial charge in [-0.15, -0.1) is 0 Å². The molecular weight excluding hydrogens is 695 g/mol. The zero-order chi connectivity index (χ0) is 39.7. The lowest BCUT2D eigenvalue weighted by Crippen LogP contribution is -2.56. The van der Waals surface area contributed by atoms with Crippen molar-refractivity contribution in [1.29, 1.82) is 0 Å². The van der Waals surface area contributed by atoms with Crippen LogP contribution >= 0.6 is 0 Å². The monoisotopic (exact) mass is 776 g/mol. The average Bonchev–Trinajstić information content (AvgIpc) is 3.23. The summed E-state index contributed by atoms with van der Waals surface area (Å²) in [5, 5.41) is 3.25. The molecule has 2 aromatic carbocycles. The minimum atomic E-state index is -0.593. The van der Waals surface area contributed by atoms with E-state index in [0.717, 1.165) is 31.2 Å². The standard InChI is InChI=1S/C50H81NO5/c1-3-5-7-9-11-13-15-17-18-19-21-23-25-27-35-41-47(52)51-45-42-54-50(44-38-32-29-33-39-44)56-48(45)46(55-49(53)43-36-30-28-31-37-43)40-34-26-24-22-20-16-14-12-10-8-6-4-2/h28-33,36-39,45-46,48,50H,3-27,34-35,40-42H2,1-2H3,(H,51,52)/t45-,46+,48-,50?/m0/s1. The summed E-state index contributed by atoms with van der Waals surface area (Å²) in [5.74, 6) is -0.345. The summed E-state index contributed by atoms with van der Waals surface area (Å²) in [5.41, 5.74) is 1.44. The van der Waals surface area contributed by atoms with E-state index >= 15 is 0 Å². The topological polar surface area (TPSA) is 73.9 Å². The number of rotatable bonds is 34. The molecule has 6 heteroatoms. The fourth-order valence-electron chi connectivity index (χ4n) is 8.01. The van der Waals surface area contributed by atoms with Crippen LogP contribution < -0.4 is 5.32 Å². The first-order valence-corrected chi connectivity index (χ1v) is 23.5. The van der Waals surface area contributed by atoms with Crippen molar-refractivity contribution in [3.8, 4) is 0 Å². The molecule has 1 aliphatic heterocycles. The van der Waals surface area contributed by atoms with Crippen molar-refractivity contribution in [2.24, 2.45) is 0 Å². The Labute approximate surface area is 343 Å². The van der Waals surface area contributed by atoms with Gasteiger partial charge in [-0.1, -0.05) is 223 Å². The summed E-state index contributed by atoms with van der Waals surface area (Å²) in [6.07, 6.45) is 34.1. The highest BCUT2D eigenvalue weighted by atomic mass is 16.7. The van der Waals surface area contributed by atoms with Crippen LogP contribution in [0.3, 0.4) is 0 Å². The second kappa shape index (κ2) is 32.3. The van der Waals surface area contributed by atoms with Crippen LogP contribution in [0.1, 0.15) is 222 Å².